The Morgan fingerprint density at radius 1 is 1.62 bits per heavy atom. The lowest BCUT2D eigenvalue weighted by molar-refractivity contribution is -0.00117. The number of alkyl halides is 2. The first-order chi connectivity index (χ1) is 3.68. The highest BCUT2D eigenvalue weighted by Crippen LogP contribution is 2.02. The molecular weight excluding hydrogens is 116 g/mol. The molecule has 46 valence electrons. The molecule has 0 saturated heterocycles. The molecule has 4 heteroatoms. The van der Waals surface area contributed by atoms with Crippen molar-refractivity contribution in [3.63, 3.8) is 0 Å². The highest BCUT2D eigenvalue weighted by Gasteiger charge is 2.14. The predicted molar refractivity (Wildman–Crippen MR) is 22.2 cm³/mol. The molecule has 1 unspecified atom stereocenters. The van der Waals surface area contributed by atoms with Gasteiger partial charge in [0.05, 0.1) is 12.5 Å². The van der Waals surface area contributed by atoms with Crippen molar-refractivity contribution in [1.29, 1.82) is 5.26 Å². The van der Waals surface area contributed by atoms with Gasteiger partial charge in [-0.25, -0.2) is 8.78 Å². The van der Waals surface area contributed by atoms with Crippen LogP contribution in [0.3, 0.4) is 0 Å². The Morgan fingerprint density at radius 3 is 2.25 bits per heavy atom. The Kier molecular flexibility index (Phi) is 3.04. The first-order valence-corrected chi connectivity index (χ1v) is 2.01. The minimum atomic E-state index is -2.80. The van der Waals surface area contributed by atoms with Crippen LogP contribution in [0.4, 0.5) is 8.78 Å². The van der Waals surface area contributed by atoms with E-state index in [-0.39, 0.29) is 0 Å². The van der Waals surface area contributed by atoms with Crippen LogP contribution < -0.4 is 0 Å². The van der Waals surface area contributed by atoms with Crippen molar-refractivity contribution >= 4 is 0 Å². The van der Waals surface area contributed by atoms with Crippen molar-refractivity contribution < 1.29 is 13.9 Å². The van der Waals surface area contributed by atoms with E-state index in [0.29, 0.717) is 0 Å². The summed E-state index contributed by atoms with van der Waals surface area (Å²) in [5.74, 6) is 0. The average Bonchev–Trinajstić information content (AvgIpc) is 1.67. The Bertz CT molecular complexity index is 98.7. The van der Waals surface area contributed by atoms with E-state index in [1.807, 2.05) is 0 Å². The summed E-state index contributed by atoms with van der Waals surface area (Å²) in [5.41, 5.74) is 0. The molecule has 0 heterocycles. The highest BCUT2D eigenvalue weighted by molar-refractivity contribution is 4.75. The van der Waals surface area contributed by atoms with Gasteiger partial charge in [0.2, 0.25) is 0 Å². The van der Waals surface area contributed by atoms with E-state index < -0.39 is 19.0 Å². The largest absolute Gasteiger partial charge is 0.386 e. The number of rotatable bonds is 2. The van der Waals surface area contributed by atoms with Crippen molar-refractivity contribution in [2.75, 3.05) is 0 Å². The maximum atomic E-state index is 11.2. The van der Waals surface area contributed by atoms with Crippen LogP contribution in [0.25, 0.3) is 0 Å². The number of nitrogens with zero attached hydrogens (tertiary/aromatic N) is 1. The Labute approximate surface area is 45.4 Å². The van der Waals surface area contributed by atoms with Crippen molar-refractivity contribution in [3.8, 4) is 6.07 Å². The zero-order valence-corrected chi connectivity index (χ0v) is 4.01. The molecule has 0 rings (SSSR count). The Hall–Kier alpha value is -0.690. The second-order valence-corrected chi connectivity index (χ2v) is 1.26. The van der Waals surface area contributed by atoms with Gasteiger partial charge in [-0.1, -0.05) is 0 Å². The molecule has 0 aromatic carbocycles. The van der Waals surface area contributed by atoms with Crippen LogP contribution >= 0.6 is 0 Å². The number of hydrogen-bond acceptors (Lipinski definition) is 2. The average molecular weight is 121 g/mol. The standard InChI is InChI=1S/C4H5F2NO/c5-4(6)3(8)1-2-7/h3-4,8H,1H2. The lowest BCUT2D eigenvalue weighted by Crippen LogP contribution is -2.15. The molecule has 0 bridgehead atoms. The smallest absolute Gasteiger partial charge is 0.265 e. The van der Waals surface area contributed by atoms with Crippen LogP contribution in [0.5, 0.6) is 0 Å². The van der Waals surface area contributed by atoms with Gasteiger partial charge >= 0.3 is 0 Å². The van der Waals surface area contributed by atoms with Crippen LogP contribution in [-0.4, -0.2) is 17.6 Å². The highest BCUT2D eigenvalue weighted by atomic mass is 19.3. The molecule has 0 saturated carbocycles. The summed E-state index contributed by atoms with van der Waals surface area (Å²) < 4.78 is 22.4. The molecule has 1 atom stereocenters. The zero-order chi connectivity index (χ0) is 6.57. The predicted octanol–water partition coefficient (Wildman–Crippen LogP) is 0.526. The normalized spacial score (nSPS) is 13.4. The van der Waals surface area contributed by atoms with E-state index in [4.69, 9.17) is 10.4 Å². The van der Waals surface area contributed by atoms with Crippen LogP contribution in [0.2, 0.25) is 0 Å². The molecule has 0 aromatic rings. The summed E-state index contributed by atoms with van der Waals surface area (Å²) in [4.78, 5) is 0. The number of hydrogen-bond donors (Lipinski definition) is 1. The molecule has 0 amide bonds. The summed E-state index contributed by atoms with van der Waals surface area (Å²) >= 11 is 0. The Balaban J connectivity index is 3.35. The van der Waals surface area contributed by atoms with Crippen LogP contribution in [0, 0.1) is 11.3 Å². The number of halogens is 2. The second-order valence-electron chi connectivity index (χ2n) is 1.26. The summed E-state index contributed by atoms with van der Waals surface area (Å²) in [6.45, 7) is 0. The van der Waals surface area contributed by atoms with E-state index in [1.54, 1.807) is 0 Å². The molecule has 0 aromatic heterocycles. The van der Waals surface area contributed by atoms with Crippen LogP contribution in [-0.2, 0) is 0 Å². The van der Waals surface area contributed by atoms with Crippen LogP contribution in [0.15, 0.2) is 0 Å². The lowest BCUT2D eigenvalue weighted by atomic mass is 10.3. The second kappa shape index (κ2) is 3.33. The lowest BCUT2D eigenvalue weighted by Gasteiger charge is -2.00. The van der Waals surface area contributed by atoms with Gasteiger partial charge in [0, 0.05) is 0 Å². The van der Waals surface area contributed by atoms with Crippen molar-refractivity contribution in [2.24, 2.45) is 0 Å². The third-order valence-corrected chi connectivity index (χ3v) is 0.591. The van der Waals surface area contributed by atoms with Crippen molar-refractivity contribution in [1.82, 2.24) is 0 Å². The van der Waals surface area contributed by atoms with Gasteiger partial charge in [0.25, 0.3) is 6.43 Å². The minimum Gasteiger partial charge on any atom is -0.386 e. The molecule has 0 aliphatic rings. The first-order valence-electron chi connectivity index (χ1n) is 2.01. The fraction of sp³-hybridized carbons (Fsp3) is 0.750. The summed E-state index contributed by atoms with van der Waals surface area (Å²) in [6.07, 6.45) is -5.08. The van der Waals surface area contributed by atoms with E-state index in [0.717, 1.165) is 0 Å². The van der Waals surface area contributed by atoms with Gasteiger partial charge in [-0.15, -0.1) is 0 Å². The van der Waals surface area contributed by atoms with Crippen LogP contribution in [0.1, 0.15) is 6.42 Å². The number of aliphatic hydroxyl groups is 1. The fourth-order valence-electron chi connectivity index (χ4n) is 0.183. The molecule has 0 aliphatic carbocycles. The molecule has 2 nitrogen and oxygen atoms in total. The van der Waals surface area contributed by atoms with Gasteiger partial charge in [-0.05, 0) is 0 Å². The number of aliphatic hydroxyl groups excluding tert-OH is 1. The maximum Gasteiger partial charge on any atom is 0.265 e. The van der Waals surface area contributed by atoms with Gasteiger partial charge in [-0.3, -0.25) is 0 Å². The van der Waals surface area contributed by atoms with Crippen molar-refractivity contribution in [3.05, 3.63) is 0 Å². The van der Waals surface area contributed by atoms with Gasteiger partial charge < -0.3 is 5.11 Å². The molecule has 0 fully saturated rings. The summed E-state index contributed by atoms with van der Waals surface area (Å²) in [5, 5.41) is 15.9. The number of nitriles is 1. The first kappa shape index (κ1) is 7.31. The summed E-state index contributed by atoms with van der Waals surface area (Å²) in [6, 6.07) is 1.42. The quantitative estimate of drug-likeness (QED) is 0.579. The third kappa shape index (κ3) is 2.48. The minimum absolute atomic E-state index is 0.502. The van der Waals surface area contributed by atoms with E-state index in [2.05, 4.69) is 0 Å². The van der Waals surface area contributed by atoms with E-state index in [9.17, 15) is 8.78 Å². The SMILES string of the molecule is N#CCC(O)C(F)F. The zero-order valence-electron chi connectivity index (χ0n) is 4.01. The monoisotopic (exact) mass is 121 g/mol. The molecule has 0 radical (unpaired) electrons. The third-order valence-electron chi connectivity index (χ3n) is 0.591. The topological polar surface area (TPSA) is 44.0 Å². The fourth-order valence-corrected chi connectivity index (χ4v) is 0.183. The van der Waals surface area contributed by atoms with Gasteiger partial charge in [0.15, 0.2) is 0 Å². The molecule has 8 heavy (non-hydrogen) atoms. The molecule has 0 aliphatic heterocycles. The van der Waals surface area contributed by atoms with Gasteiger partial charge in [-0.2, -0.15) is 5.26 Å². The Morgan fingerprint density at radius 2 is 2.12 bits per heavy atom. The van der Waals surface area contributed by atoms with Gasteiger partial charge in [0.1, 0.15) is 6.10 Å². The van der Waals surface area contributed by atoms with E-state index >= 15 is 0 Å². The van der Waals surface area contributed by atoms with Crippen molar-refractivity contribution in [2.45, 2.75) is 19.0 Å². The summed E-state index contributed by atoms with van der Waals surface area (Å²) in [7, 11) is 0. The van der Waals surface area contributed by atoms with E-state index in [1.165, 1.54) is 6.07 Å². The molecule has 1 N–H and O–H groups in total. The molecule has 0 spiro atoms. The maximum absolute atomic E-state index is 11.2. The molecular formula is C4H5F2NO.